The van der Waals surface area contributed by atoms with E-state index in [0.717, 1.165) is 21.3 Å². The Balaban J connectivity index is 2.19. The van der Waals surface area contributed by atoms with Gasteiger partial charge in [-0.3, -0.25) is 5.10 Å². The lowest BCUT2D eigenvalue weighted by Gasteiger charge is -2.07. The molecule has 0 saturated carbocycles. The van der Waals surface area contributed by atoms with Gasteiger partial charge >= 0.3 is 0 Å². The van der Waals surface area contributed by atoms with Crippen molar-refractivity contribution in [3.63, 3.8) is 0 Å². The average Bonchev–Trinajstić information content (AvgIpc) is 2.82. The van der Waals surface area contributed by atoms with E-state index in [2.05, 4.69) is 26.1 Å². The molecule has 0 spiro atoms. The molecule has 0 aliphatic rings. The minimum absolute atomic E-state index is 0.000128. The highest BCUT2D eigenvalue weighted by atomic mass is 79.9. The van der Waals surface area contributed by atoms with E-state index in [1.54, 1.807) is 6.07 Å². The number of aromatic hydroxyl groups is 2. The van der Waals surface area contributed by atoms with Crippen molar-refractivity contribution in [1.29, 1.82) is 0 Å². The van der Waals surface area contributed by atoms with Crippen molar-refractivity contribution in [3.8, 4) is 33.9 Å². The molecule has 0 radical (unpaired) electrons. The summed E-state index contributed by atoms with van der Waals surface area (Å²) in [5.74, 6) is 0.0218. The van der Waals surface area contributed by atoms with Crippen molar-refractivity contribution in [3.05, 3.63) is 52.6 Å². The lowest BCUT2D eigenvalue weighted by molar-refractivity contribution is 0.452. The number of phenolic OH excluding ortho intramolecular Hbond substituents is 2. The van der Waals surface area contributed by atoms with E-state index in [4.69, 9.17) is 0 Å². The molecule has 0 unspecified atom stereocenters. The minimum Gasteiger partial charge on any atom is -0.508 e. The number of nitrogens with zero attached hydrogens (tertiary/aromatic N) is 1. The van der Waals surface area contributed by atoms with Crippen LogP contribution in [-0.2, 0) is 0 Å². The maximum atomic E-state index is 10.0. The molecule has 3 rings (SSSR count). The number of benzene rings is 2. The lowest BCUT2D eigenvalue weighted by Crippen LogP contribution is -1.85. The monoisotopic (exact) mass is 344 g/mol. The Bertz CT molecular complexity index is 795. The van der Waals surface area contributed by atoms with E-state index < -0.39 is 0 Å². The Morgan fingerprint density at radius 3 is 2.43 bits per heavy atom. The van der Waals surface area contributed by atoms with Crippen LogP contribution in [0.4, 0.5) is 0 Å². The second-order valence-corrected chi connectivity index (χ2v) is 5.70. The SMILES string of the molecule is Cc1[nH]nc(-c2ccc(O)cc2O)c1-c1ccc(Br)cc1. The number of aromatic nitrogens is 2. The van der Waals surface area contributed by atoms with Gasteiger partial charge in [0.25, 0.3) is 0 Å². The molecule has 2 aromatic carbocycles. The van der Waals surface area contributed by atoms with Crippen molar-refractivity contribution < 1.29 is 10.2 Å². The first-order valence-electron chi connectivity index (χ1n) is 6.39. The number of H-pyrrole nitrogens is 1. The number of halogens is 1. The third-order valence-electron chi connectivity index (χ3n) is 3.32. The quantitative estimate of drug-likeness (QED) is 0.651. The van der Waals surface area contributed by atoms with Gasteiger partial charge in [-0.05, 0) is 36.8 Å². The van der Waals surface area contributed by atoms with Crippen molar-refractivity contribution in [1.82, 2.24) is 10.2 Å². The zero-order valence-electron chi connectivity index (χ0n) is 11.3. The molecular formula is C16H13BrN2O2. The van der Waals surface area contributed by atoms with Gasteiger partial charge in [0.2, 0.25) is 0 Å². The first-order chi connectivity index (χ1) is 10.1. The third kappa shape index (κ3) is 2.52. The van der Waals surface area contributed by atoms with Crippen LogP contribution in [-0.4, -0.2) is 20.4 Å². The van der Waals surface area contributed by atoms with Crippen LogP contribution in [0, 0.1) is 6.92 Å². The Morgan fingerprint density at radius 2 is 1.76 bits per heavy atom. The fraction of sp³-hybridized carbons (Fsp3) is 0.0625. The van der Waals surface area contributed by atoms with Crippen LogP contribution in [0.3, 0.4) is 0 Å². The van der Waals surface area contributed by atoms with Crippen LogP contribution in [0.15, 0.2) is 46.9 Å². The Morgan fingerprint density at radius 1 is 1.05 bits per heavy atom. The van der Waals surface area contributed by atoms with Gasteiger partial charge in [0.1, 0.15) is 17.2 Å². The zero-order chi connectivity index (χ0) is 15.0. The molecular weight excluding hydrogens is 332 g/mol. The van der Waals surface area contributed by atoms with E-state index >= 15 is 0 Å². The summed E-state index contributed by atoms with van der Waals surface area (Å²) in [6.07, 6.45) is 0. The number of hydrogen-bond donors (Lipinski definition) is 3. The first kappa shape index (κ1) is 13.7. The molecule has 0 atom stereocenters. The maximum Gasteiger partial charge on any atom is 0.128 e. The van der Waals surface area contributed by atoms with Gasteiger partial charge in [0, 0.05) is 27.4 Å². The summed E-state index contributed by atoms with van der Waals surface area (Å²) in [4.78, 5) is 0. The van der Waals surface area contributed by atoms with Crippen LogP contribution in [0.2, 0.25) is 0 Å². The summed E-state index contributed by atoms with van der Waals surface area (Å²) >= 11 is 3.42. The molecule has 21 heavy (non-hydrogen) atoms. The van der Waals surface area contributed by atoms with Gasteiger partial charge in [-0.2, -0.15) is 5.10 Å². The molecule has 0 fully saturated rings. The summed E-state index contributed by atoms with van der Waals surface area (Å²) in [7, 11) is 0. The first-order valence-corrected chi connectivity index (χ1v) is 7.19. The maximum absolute atomic E-state index is 10.0. The van der Waals surface area contributed by atoms with E-state index in [9.17, 15) is 10.2 Å². The number of phenols is 2. The Labute approximate surface area is 130 Å². The molecule has 0 saturated heterocycles. The van der Waals surface area contributed by atoms with Gasteiger partial charge in [-0.15, -0.1) is 0 Å². The molecule has 4 nitrogen and oxygen atoms in total. The van der Waals surface area contributed by atoms with Crippen molar-refractivity contribution in [2.45, 2.75) is 6.92 Å². The minimum atomic E-state index is -0.000128. The van der Waals surface area contributed by atoms with Gasteiger partial charge in [-0.25, -0.2) is 0 Å². The van der Waals surface area contributed by atoms with Crippen LogP contribution in [0.25, 0.3) is 22.4 Å². The molecule has 1 aromatic heterocycles. The second-order valence-electron chi connectivity index (χ2n) is 4.78. The standard InChI is InChI=1S/C16H13BrN2O2/c1-9-15(10-2-4-11(17)5-3-10)16(19-18-9)13-7-6-12(20)8-14(13)21/h2-8,20-21H,1H3,(H,18,19). The van der Waals surface area contributed by atoms with Gasteiger partial charge in [-0.1, -0.05) is 28.1 Å². The number of aryl methyl sites for hydroxylation is 1. The smallest absolute Gasteiger partial charge is 0.128 e. The predicted molar refractivity (Wildman–Crippen MR) is 85.2 cm³/mol. The molecule has 0 aliphatic carbocycles. The van der Waals surface area contributed by atoms with Crippen molar-refractivity contribution in [2.75, 3.05) is 0 Å². The third-order valence-corrected chi connectivity index (χ3v) is 3.85. The van der Waals surface area contributed by atoms with Crippen LogP contribution in [0.1, 0.15) is 5.69 Å². The highest BCUT2D eigenvalue weighted by molar-refractivity contribution is 9.10. The molecule has 3 aromatic rings. The van der Waals surface area contributed by atoms with Gasteiger partial charge < -0.3 is 10.2 Å². The lowest BCUT2D eigenvalue weighted by atomic mass is 9.99. The molecule has 0 amide bonds. The van der Waals surface area contributed by atoms with E-state index in [-0.39, 0.29) is 11.5 Å². The highest BCUT2D eigenvalue weighted by Gasteiger charge is 2.17. The molecule has 106 valence electrons. The molecule has 0 aliphatic heterocycles. The van der Waals surface area contributed by atoms with Crippen LogP contribution < -0.4 is 0 Å². The normalized spacial score (nSPS) is 10.8. The summed E-state index contributed by atoms with van der Waals surface area (Å²) in [5.41, 5.74) is 4.10. The number of hydrogen-bond acceptors (Lipinski definition) is 3. The molecule has 0 bridgehead atoms. The summed E-state index contributed by atoms with van der Waals surface area (Å²) in [5, 5.41) is 26.7. The summed E-state index contributed by atoms with van der Waals surface area (Å²) in [6, 6.07) is 12.4. The molecule has 5 heteroatoms. The fourth-order valence-electron chi connectivity index (χ4n) is 2.31. The zero-order valence-corrected chi connectivity index (χ0v) is 12.8. The fourth-order valence-corrected chi connectivity index (χ4v) is 2.58. The number of rotatable bonds is 2. The Kier molecular flexibility index (Phi) is 3.43. The van der Waals surface area contributed by atoms with Gasteiger partial charge in [0.05, 0.1) is 0 Å². The second kappa shape index (κ2) is 5.26. The molecule has 3 N–H and O–H groups in total. The number of nitrogens with one attached hydrogen (secondary N) is 1. The average molecular weight is 345 g/mol. The van der Waals surface area contributed by atoms with E-state index in [1.165, 1.54) is 12.1 Å². The molecule has 1 heterocycles. The van der Waals surface area contributed by atoms with Crippen LogP contribution >= 0.6 is 15.9 Å². The predicted octanol–water partition coefficient (Wildman–Crippen LogP) is 4.23. The van der Waals surface area contributed by atoms with Crippen molar-refractivity contribution in [2.24, 2.45) is 0 Å². The topological polar surface area (TPSA) is 69.1 Å². The van der Waals surface area contributed by atoms with Crippen molar-refractivity contribution >= 4 is 15.9 Å². The van der Waals surface area contributed by atoms with E-state index in [0.29, 0.717) is 11.3 Å². The van der Waals surface area contributed by atoms with Gasteiger partial charge in [0.15, 0.2) is 0 Å². The highest BCUT2D eigenvalue weighted by Crippen LogP contribution is 2.38. The largest absolute Gasteiger partial charge is 0.508 e. The van der Waals surface area contributed by atoms with Crippen LogP contribution in [0.5, 0.6) is 11.5 Å². The summed E-state index contributed by atoms with van der Waals surface area (Å²) in [6.45, 7) is 1.94. The van der Waals surface area contributed by atoms with E-state index in [1.807, 2.05) is 31.2 Å². The Hall–Kier alpha value is -2.27. The number of aromatic amines is 1. The summed E-state index contributed by atoms with van der Waals surface area (Å²) < 4.78 is 1.00.